The minimum absolute atomic E-state index is 0.0555. The van der Waals surface area contributed by atoms with Crippen molar-refractivity contribution in [3.8, 4) is 16.9 Å². The standard InChI is InChI=1S/C49H50N2O/c1-33-13-21-41-44(29-33)48(32-34-14-15-37(48)30-34)46-42-23-24-49(35-11-5-2-6-12-35,36-16-18-38(19-17-36)50-25-7-3-8-26-50)52-47(42)43-31-39(20-22-40(43)45(41)46)51-27-9-4-10-28-51/h2,5-6,11-13,16-24,29,31,34,37H,3-4,7-10,14-15,25-28,30,32H2,1H3. The molecule has 2 saturated carbocycles. The molecule has 1 spiro atoms. The Kier molecular flexibility index (Phi) is 7.02. The summed E-state index contributed by atoms with van der Waals surface area (Å²) < 4.78 is 7.84. The minimum atomic E-state index is -0.735. The molecule has 11 rings (SSSR count). The molecular formula is C49H50N2O. The second kappa shape index (κ2) is 11.8. The van der Waals surface area contributed by atoms with Crippen molar-refractivity contribution in [2.45, 2.75) is 82.1 Å². The van der Waals surface area contributed by atoms with E-state index in [1.54, 1.807) is 11.1 Å². The van der Waals surface area contributed by atoms with Gasteiger partial charge >= 0.3 is 0 Å². The molecule has 4 unspecified atom stereocenters. The number of nitrogens with zero attached hydrogens (tertiary/aromatic N) is 2. The average Bonchev–Trinajstić information content (AvgIpc) is 3.91. The highest BCUT2D eigenvalue weighted by atomic mass is 16.5. The normalized spacial score (nSPS) is 27.2. The summed E-state index contributed by atoms with van der Waals surface area (Å²) in [5.41, 5.74) is 13.2. The van der Waals surface area contributed by atoms with Gasteiger partial charge in [0.1, 0.15) is 5.75 Å². The Hall–Kier alpha value is -4.50. The molecule has 3 heterocycles. The topological polar surface area (TPSA) is 15.7 Å². The fraction of sp³-hybridized carbons (Fsp3) is 0.388. The summed E-state index contributed by atoms with van der Waals surface area (Å²) in [6.45, 7) is 6.84. The molecule has 3 nitrogen and oxygen atoms in total. The fourth-order valence-electron chi connectivity index (χ4n) is 11.8. The van der Waals surface area contributed by atoms with Crippen molar-refractivity contribution in [3.63, 3.8) is 0 Å². The van der Waals surface area contributed by atoms with Crippen LogP contribution in [-0.4, -0.2) is 26.2 Å². The first-order valence-corrected chi connectivity index (χ1v) is 20.4. The lowest BCUT2D eigenvalue weighted by Crippen LogP contribution is -2.37. The average molecular weight is 683 g/mol. The van der Waals surface area contributed by atoms with E-state index in [2.05, 4.69) is 120 Å². The van der Waals surface area contributed by atoms with Crippen LogP contribution in [0.15, 0.2) is 97.1 Å². The number of rotatable bonds is 4. The van der Waals surface area contributed by atoms with E-state index in [-0.39, 0.29) is 5.41 Å². The van der Waals surface area contributed by atoms with Crippen LogP contribution >= 0.6 is 0 Å². The molecule has 4 atom stereocenters. The molecule has 5 aromatic carbocycles. The van der Waals surface area contributed by atoms with Gasteiger partial charge in [-0.3, -0.25) is 0 Å². The zero-order valence-corrected chi connectivity index (χ0v) is 30.7. The third kappa shape index (κ3) is 4.44. The first-order chi connectivity index (χ1) is 25.6. The summed E-state index contributed by atoms with van der Waals surface area (Å²) in [6, 6.07) is 35.1. The molecule has 52 heavy (non-hydrogen) atoms. The Bertz CT molecular complexity index is 2220. The van der Waals surface area contributed by atoms with E-state index in [9.17, 15) is 0 Å². The Balaban J connectivity index is 1.16. The summed E-state index contributed by atoms with van der Waals surface area (Å²) in [5.74, 6) is 2.57. The lowest BCUT2D eigenvalue weighted by atomic mass is 9.65. The van der Waals surface area contributed by atoms with E-state index in [1.165, 1.54) is 120 Å². The van der Waals surface area contributed by atoms with Crippen LogP contribution < -0.4 is 14.5 Å². The third-order valence-electron chi connectivity index (χ3n) is 14.2. The third-order valence-corrected chi connectivity index (χ3v) is 14.2. The lowest BCUT2D eigenvalue weighted by Gasteiger charge is -2.41. The van der Waals surface area contributed by atoms with Gasteiger partial charge in [-0.1, -0.05) is 84.8 Å². The highest BCUT2D eigenvalue weighted by molar-refractivity contribution is 6.09. The van der Waals surface area contributed by atoms with E-state index in [0.717, 1.165) is 37.8 Å². The molecule has 3 aliphatic carbocycles. The van der Waals surface area contributed by atoms with Gasteiger partial charge in [0.25, 0.3) is 0 Å². The van der Waals surface area contributed by atoms with Gasteiger partial charge in [0.15, 0.2) is 5.60 Å². The van der Waals surface area contributed by atoms with Crippen LogP contribution in [0.2, 0.25) is 0 Å². The van der Waals surface area contributed by atoms with Crippen LogP contribution in [0.1, 0.15) is 97.6 Å². The SMILES string of the molecule is Cc1ccc2c(c1)C1(CC3CCC1C3)c1c3c(c4cc(N5CCCCC5)ccc4c1-2)OC(c1ccccc1)(c1ccc(N2CCCCC2)cc1)C=C3. The van der Waals surface area contributed by atoms with Gasteiger partial charge in [-0.15, -0.1) is 0 Å². The number of piperidine rings is 2. The Morgan fingerprint density at radius 2 is 1.38 bits per heavy atom. The molecule has 3 heteroatoms. The Labute approximate surface area is 309 Å². The maximum atomic E-state index is 7.84. The molecule has 0 amide bonds. The van der Waals surface area contributed by atoms with Gasteiger partial charge in [-0.25, -0.2) is 0 Å². The van der Waals surface area contributed by atoms with Crippen LogP contribution in [-0.2, 0) is 11.0 Å². The maximum absolute atomic E-state index is 7.84. The number of hydrogen-bond acceptors (Lipinski definition) is 3. The van der Waals surface area contributed by atoms with Gasteiger partial charge < -0.3 is 14.5 Å². The van der Waals surface area contributed by atoms with Gasteiger partial charge in [0, 0.05) is 65.0 Å². The number of aryl methyl sites for hydroxylation is 1. The highest BCUT2D eigenvalue weighted by Crippen LogP contribution is 2.69. The van der Waals surface area contributed by atoms with Crippen molar-refractivity contribution in [2.75, 3.05) is 36.0 Å². The molecule has 262 valence electrons. The number of benzene rings is 5. The van der Waals surface area contributed by atoms with Crippen LogP contribution in [0.4, 0.5) is 11.4 Å². The zero-order chi connectivity index (χ0) is 34.4. The lowest BCUT2D eigenvalue weighted by molar-refractivity contribution is 0.163. The smallest absolute Gasteiger partial charge is 0.178 e. The van der Waals surface area contributed by atoms with E-state index in [1.807, 2.05) is 0 Å². The Morgan fingerprint density at radius 3 is 2.10 bits per heavy atom. The molecule has 4 fully saturated rings. The van der Waals surface area contributed by atoms with E-state index in [4.69, 9.17) is 4.74 Å². The van der Waals surface area contributed by atoms with Crippen molar-refractivity contribution >= 4 is 28.2 Å². The zero-order valence-electron chi connectivity index (χ0n) is 30.7. The molecule has 2 bridgehead atoms. The van der Waals surface area contributed by atoms with Crippen LogP contribution in [0.5, 0.6) is 5.75 Å². The number of anilines is 2. The first kappa shape index (κ1) is 31.1. The number of ether oxygens (including phenoxy) is 1. The van der Waals surface area contributed by atoms with Gasteiger partial charge in [0.2, 0.25) is 0 Å². The second-order valence-corrected chi connectivity index (χ2v) is 17.0. The predicted octanol–water partition coefficient (Wildman–Crippen LogP) is 11.6. The monoisotopic (exact) mass is 682 g/mol. The second-order valence-electron chi connectivity index (χ2n) is 17.0. The van der Waals surface area contributed by atoms with Crippen molar-refractivity contribution in [3.05, 3.63) is 130 Å². The van der Waals surface area contributed by atoms with Crippen LogP contribution in [0.3, 0.4) is 0 Å². The van der Waals surface area contributed by atoms with Crippen LogP contribution in [0, 0.1) is 18.8 Å². The molecule has 2 saturated heterocycles. The van der Waals surface area contributed by atoms with Crippen LogP contribution in [0.25, 0.3) is 28.0 Å². The molecule has 6 aliphatic rings. The Morgan fingerprint density at radius 1 is 0.673 bits per heavy atom. The molecule has 0 aromatic heterocycles. The van der Waals surface area contributed by atoms with Crippen molar-refractivity contribution in [1.82, 2.24) is 0 Å². The maximum Gasteiger partial charge on any atom is 0.178 e. The quantitative estimate of drug-likeness (QED) is 0.188. The van der Waals surface area contributed by atoms with Gasteiger partial charge in [-0.2, -0.15) is 0 Å². The fourth-order valence-corrected chi connectivity index (χ4v) is 11.8. The summed E-state index contributed by atoms with van der Waals surface area (Å²) in [7, 11) is 0. The molecule has 5 aromatic rings. The molecular weight excluding hydrogens is 633 g/mol. The van der Waals surface area contributed by atoms with Crippen molar-refractivity contribution in [1.29, 1.82) is 0 Å². The van der Waals surface area contributed by atoms with Crippen molar-refractivity contribution < 1.29 is 4.74 Å². The minimum Gasteiger partial charge on any atom is -0.472 e. The molecule has 3 aliphatic heterocycles. The number of fused-ring (bicyclic) bond motifs is 13. The molecule has 0 radical (unpaired) electrons. The predicted molar refractivity (Wildman–Crippen MR) is 216 cm³/mol. The van der Waals surface area contributed by atoms with E-state index >= 15 is 0 Å². The summed E-state index contributed by atoms with van der Waals surface area (Å²) in [6.07, 6.45) is 18.0. The first-order valence-electron chi connectivity index (χ1n) is 20.4. The van der Waals surface area contributed by atoms with Gasteiger partial charge in [-0.05, 0) is 135 Å². The van der Waals surface area contributed by atoms with E-state index < -0.39 is 5.60 Å². The van der Waals surface area contributed by atoms with Gasteiger partial charge in [0.05, 0.1) is 0 Å². The molecule has 0 N–H and O–H groups in total. The largest absolute Gasteiger partial charge is 0.472 e. The summed E-state index contributed by atoms with van der Waals surface area (Å²) >= 11 is 0. The van der Waals surface area contributed by atoms with E-state index in [0.29, 0.717) is 5.92 Å². The summed E-state index contributed by atoms with van der Waals surface area (Å²) in [5, 5.41) is 2.62. The highest BCUT2D eigenvalue weighted by Gasteiger charge is 2.58. The van der Waals surface area contributed by atoms with Crippen molar-refractivity contribution in [2.24, 2.45) is 11.8 Å². The number of hydrogen-bond donors (Lipinski definition) is 0. The summed E-state index contributed by atoms with van der Waals surface area (Å²) in [4.78, 5) is 5.17.